The van der Waals surface area contributed by atoms with Crippen LogP contribution in [0.25, 0.3) is 0 Å². The van der Waals surface area contributed by atoms with Crippen molar-refractivity contribution in [3.05, 3.63) is 11.6 Å². The molecule has 2 rings (SSSR count). The molecule has 0 saturated carbocycles. The molecule has 0 radical (unpaired) electrons. The van der Waals surface area contributed by atoms with Gasteiger partial charge < -0.3 is 10.6 Å². The van der Waals surface area contributed by atoms with E-state index >= 15 is 0 Å². The summed E-state index contributed by atoms with van der Waals surface area (Å²) >= 11 is 0. The Bertz CT molecular complexity index is 568. The van der Waals surface area contributed by atoms with Crippen LogP contribution in [0.2, 0.25) is 0 Å². The number of amides is 2. The first-order chi connectivity index (χ1) is 10.3. The van der Waals surface area contributed by atoms with E-state index in [0.29, 0.717) is 31.3 Å². The van der Waals surface area contributed by atoms with Crippen LogP contribution in [0.4, 0.5) is 0 Å². The fraction of sp³-hybridized carbons (Fsp3) is 0.714. The number of nitrogens with zero attached hydrogens (tertiary/aromatic N) is 5. The van der Waals surface area contributed by atoms with Crippen molar-refractivity contribution in [2.24, 2.45) is 5.73 Å². The van der Waals surface area contributed by atoms with Crippen LogP contribution in [0, 0.1) is 13.8 Å². The van der Waals surface area contributed by atoms with E-state index < -0.39 is 6.04 Å². The lowest BCUT2D eigenvalue weighted by atomic mass is 10.1. The predicted molar refractivity (Wildman–Crippen MR) is 80.9 cm³/mol. The van der Waals surface area contributed by atoms with Crippen LogP contribution >= 0.6 is 0 Å². The molecule has 2 amide bonds. The summed E-state index contributed by atoms with van der Waals surface area (Å²) in [5.41, 5.74) is 5.49. The maximum atomic E-state index is 12.4. The Morgan fingerprint density at radius 2 is 2.00 bits per heavy atom. The normalized spacial score (nSPS) is 19.7. The lowest BCUT2D eigenvalue weighted by Crippen LogP contribution is -2.61. The van der Waals surface area contributed by atoms with Crippen molar-refractivity contribution in [3.63, 3.8) is 0 Å². The standard InChI is InChI=1S/C14H24N6O2/c1-9(2)19-6-5-18(7-12(19)14(15)22)13(21)8-20-11(4)16-10(3)17-20/h9,12H,5-8H2,1-4H3,(H2,15,22)/t12-/m1/s1. The van der Waals surface area contributed by atoms with Crippen LogP contribution in [0.5, 0.6) is 0 Å². The number of hydrogen-bond donors (Lipinski definition) is 1. The molecule has 0 bridgehead atoms. The number of aryl methyl sites for hydroxylation is 2. The van der Waals surface area contributed by atoms with Crippen molar-refractivity contribution in [1.29, 1.82) is 0 Å². The third-order valence-corrected chi connectivity index (χ3v) is 4.01. The zero-order chi connectivity index (χ0) is 16.4. The van der Waals surface area contributed by atoms with Crippen molar-refractivity contribution in [2.45, 2.75) is 46.3 Å². The lowest BCUT2D eigenvalue weighted by molar-refractivity contribution is -0.138. The first-order valence-electron chi connectivity index (χ1n) is 7.50. The summed E-state index contributed by atoms with van der Waals surface area (Å²) in [5.74, 6) is 0.893. The van der Waals surface area contributed by atoms with Gasteiger partial charge in [0.15, 0.2) is 0 Å². The van der Waals surface area contributed by atoms with E-state index in [1.165, 1.54) is 0 Å². The summed E-state index contributed by atoms with van der Waals surface area (Å²) in [7, 11) is 0. The van der Waals surface area contributed by atoms with E-state index in [9.17, 15) is 9.59 Å². The summed E-state index contributed by atoms with van der Waals surface area (Å²) in [6, 6.07) is -0.216. The van der Waals surface area contributed by atoms with Gasteiger partial charge in [0.25, 0.3) is 0 Å². The molecule has 122 valence electrons. The molecule has 1 saturated heterocycles. The van der Waals surface area contributed by atoms with Gasteiger partial charge in [0.05, 0.1) is 0 Å². The number of nitrogens with two attached hydrogens (primary N) is 1. The maximum Gasteiger partial charge on any atom is 0.244 e. The molecule has 0 spiro atoms. The first kappa shape index (κ1) is 16.4. The van der Waals surface area contributed by atoms with Gasteiger partial charge in [-0.25, -0.2) is 9.67 Å². The zero-order valence-corrected chi connectivity index (χ0v) is 13.6. The molecule has 8 nitrogen and oxygen atoms in total. The van der Waals surface area contributed by atoms with E-state index in [1.807, 2.05) is 25.7 Å². The fourth-order valence-corrected chi connectivity index (χ4v) is 2.83. The molecule has 0 aromatic carbocycles. The Balaban J connectivity index is 2.05. The molecule has 1 aliphatic rings. The van der Waals surface area contributed by atoms with Gasteiger partial charge in [-0.2, -0.15) is 5.10 Å². The number of aromatic nitrogens is 3. The third kappa shape index (κ3) is 3.44. The molecule has 1 aliphatic heterocycles. The average Bonchev–Trinajstić information content (AvgIpc) is 2.75. The van der Waals surface area contributed by atoms with Crippen molar-refractivity contribution < 1.29 is 9.59 Å². The summed E-state index contributed by atoms with van der Waals surface area (Å²) in [4.78, 5) is 32.0. The molecule has 0 aliphatic carbocycles. The number of hydrogen-bond acceptors (Lipinski definition) is 5. The molecule has 1 atom stereocenters. The van der Waals surface area contributed by atoms with Gasteiger partial charge in [0.2, 0.25) is 11.8 Å². The van der Waals surface area contributed by atoms with E-state index in [2.05, 4.69) is 10.1 Å². The molecule has 0 unspecified atom stereocenters. The smallest absolute Gasteiger partial charge is 0.244 e. The zero-order valence-electron chi connectivity index (χ0n) is 13.6. The van der Waals surface area contributed by atoms with Gasteiger partial charge in [-0.3, -0.25) is 14.5 Å². The second kappa shape index (κ2) is 6.43. The fourth-order valence-electron chi connectivity index (χ4n) is 2.83. The Hall–Kier alpha value is -1.96. The highest BCUT2D eigenvalue weighted by Gasteiger charge is 2.34. The van der Waals surface area contributed by atoms with Crippen LogP contribution in [-0.4, -0.2) is 68.1 Å². The number of rotatable bonds is 4. The second-order valence-electron chi connectivity index (χ2n) is 5.95. The molecule has 1 fully saturated rings. The first-order valence-corrected chi connectivity index (χ1v) is 7.50. The van der Waals surface area contributed by atoms with E-state index in [4.69, 9.17) is 5.73 Å². The number of carbonyl (C=O) groups is 2. The highest BCUT2D eigenvalue weighted by molar-refractivity contribution is 5.82. The van der Waals surface area contributed by atoms with Gasteiger partial charge in [-0.05, 0) is 27.7 Å². The molecule has 2 heterocycles. The highest BCUT2D eigenvalue weighted by atomic mass is 16.2. The number of piperazine rings is 1. The van der Waals surface area contributed by atoms with E-state index in [0.717, 1.165) is 0 Å². The quantitative estimate of drug-likeness (QED) is 0.793. The predicted octanol–water partition coefficient (Wildman–Crippen LogP) is -0.699. The third-order valence-electron chi connectivity index (χ3n) is 4.01. The minimum Gasteiger partial charge on any atom is -0.368 e. The molecule has 2 N–H and O–H groups in total. The monoisotopic (exact) mass is 308 g/mol. The Morgan fingerprint density at radius 1 is 1.32 bits per heavy atom. The van der Waals surface area contributed by atoms with Crippen molar-refractivity contribution in [1.82, 2.24) is 24.6 Å². The molecular formula is C14H24N6O2. The van der Waals surface area contributed by atoms with E-state index in [-0.39, 0.29) is 24.4 Å². The van der Waals surface area contributed by atoms with Crippen molar-refractivity contribution in [2.75, 3.05) is 19.6 Å². The van der Waals surface area contributed by atoms with Gasteiger partial charge in [-0.1, -0.05) is 0 Å². The van der Waals surface area contributed by atoms with E-state index in [1.54, 1.807) is 16.5 Å². The Labute approximate surface area is 130 Å². The van der Waals surface area contributed by atoms with Crippen LogP contribution in [-0.2, 0) is 16.1 Å². The average molecular weight is 308 g/mol. The topological polar surface area (TPSA) is 97.4 Å². The van der Waals surface area contributed by atoms with Gasteiger partial charge in [-0.15, -0.1) is 0 Å². The Morgan fingerprint density at radius 3 is 2.50 bits per heavy atom. The van der Waals surface area contributed by atoms with Crippen LogP contribution in [0.3, 0.4) is 0 Å². The minimum absolute atomic E-state index is 0.0670. The van der Waals surface area contributed by atoms with Gasteiger partial charge in [0, 0.05) is 25.7 Å². The van der Waals surface area contributed by atoms with Crippen molar-refractivity contribution >= 4 is 11.8 Å². The molecule has 1 aromatic heterocycles. The number of primary amides is 1. The molecule has 1 aromatic rings. The van der Waals surface area contributed by atoms with Gasteiger partial charge >= 0.3 is 0 Å². The Kier molecular flexibility index (Phi) is 4.80. The minimum atomic E-state index is -0.434. The van der Waals surface area contributed by atoms with Crippen LogP contribution in [0.15, 0.2) is 0 Å². The molecular weight excluding hydrogens is 284 g/mol. The number of carbonyl (C=O) groups excluding carboxylic acids is 2. The van der Waals surface area contributed by atoms with Crippen LogP contribution < -0.4 is 5.73 Å². The summed E-state index contributed by atoms with van der Waals surface area (Å²) in [6.07, 6.45) is 0. The maximum absolute atomic E-state index is 12.4. The van der Waals surface area contributed by atoms with Crippen LogP contribution in [0.1, 0.15) is 25.5 Å². The summed E-state index contributed by atoms with van der Waals surface area (Å²) in [6.45, 7) is 9.36. The second-order valence-corrected chi connectivity index (χ2v) is 5.95. The van der Waals surface area contributed by atoms with Gasteiger partial charge in [0.1, 0.15) is 24.2 Å². The highest BCUT2D eigenvalue weighted by Crippen LogP contribution is 2.14. The molecule has 22 heavy (non-hydrogen) atoms. The largest absolute Gasteiger partial charge is 0.368 e. The summed E-state index contributed by atoms with van der Waals surface area (Å²) in [5, 5.41) is 4.20. The summed E-state index contributed by atoms with van der Waals surface area (Å²) < 4.78 is 1.59. The SMILES string of the molecule is Cc1nc(C)n(CC(=O)N2CCN(C(C)C)[C@@H](C(N)=O)C2)n1. The lowest BCUT2D eigenvalue weighted by Gasteiger charge is -2.42. The molecule has 8 heteroatoms. The van der Waals surface area contributed by atoms with Crippen molar-refractivity contribution in [3.8, 4) is 0 Å².